The molecule has 0 saturated heterocycles. The van der Waals surface area contributed by atoms with Crippen molar-refractivity contribution in [2.75, 3.05) is 6.54 Å². The van der Waals surface area contributed by atoms with Crippen molar-refractivity contribution in [2.24, 2.45) is 5.73 Å². The molecular formula is C13H16N2O. The Labute approximate surface area is 95.2 Å². The largest absolute Gasteiger partial charge is 0.484 e. The van der Waals surface area contributed by atoms with Gasteiger partial charge in [-0.3, -0.25) is 4.98 Å². The quantitative estimate of drug-likeness (QED) is 0.856. The Bertz CT molecular complexity index is 489. The first-order valence-corrected chi connectivity index (χ1v) is 5.35. The van der Waals surface area contributed by atoms with Crippen molar-refractivity contribution in [1.82, 2.24) is 4.98 Å². The summed E-state index contributed by atoms with van der Waals surface area (Å²) in [6.07, 6.45) is 1.77. The molecule has 2 N–H and O–H groups in total. The third kappa shape index (κ3) is 2.14. The lowest BCUT2D eigenvalue weighted by Crippen LogP contribution is -2.37. The Morgan fingerprint density at radius 2 is 2.00 bits per heavy atom. The molecule has 3 nitrogen and oxygen atoms in total. The van der Waals surface area contributed by atoms with Crippen LogP contribution < -0.4 is 10.5 Å². The highest BCUT2D eigenvalue weighted by atomic mass is 16.5. The van der Waals surface area contributed by atoms with E-state index in [2.05, 4.69) is 4.98 Å². The van der Waals surface area contributed by atoms with E-state index in [1.165, 1.54) is 0 Å². The highest BCUT2D eigenvalue weighted by molar-refractivity contribution is 5.84. The summed E-state index contributed by atoms with van der Waals surface area (Å²) in [5, 5.41) is 1.08. The minimum Gasteiger partial charge on any atom is -0.484 e. The molecule has 0 unspecified atom stereocenters. The topological polar surface area (TPSA) is 48.1 Å². The molecule has 16 heavy (non-hydrogen) atoms. The Kier molecular flexibility index (Phi) is 2.79. The van der Waals surface area contributed by atoms with E-state index in [0.717, 1.165) is 16.7 Å². The maximum atomic E-state index is 5.88. The summed E-state index contributed by atoms with van der Waals surface area (Å²) in [6, 6.07) is 9.84. The number of ether oxygens (including phenoxy) is 1. The van der Waals surface area contributed by atoms with Gasteiger partial charge in [-0.05, 0) is 26.0 Å². The van der Waals surface area contributed by atoms with E-state index >= 15 is 0 Å². The van der Waals surface area contributed by atoms with Crippen molar-refractivity contribution in [2.45, 2.75) is 19.4 Å². The van der Waals surface area contributed by atoms with Crippen LogP contribution in [0.25, 0.3) is 10.9 Å². The molecule has 0 aliphatic heterocycles. The zero-order chi connectivity index (χ0) is 11.6. The molecule has 2 aromatic rings. The van der Waals surface area contributed by atoms with Crippen molar-refractivity contribution >= 4 is 10.9 Å². The van der Waals surface area contributed by atoms with E-state index in [1.54, 1.807) is 6.20 Å². The Balaban J connectivity index is 2.45. The molecule has 0 fully saturated rings. The number of fused-ring (bicyclic) bond motifs is 1. The maximum absolute atomic E-state index is 5.88. The number of nitrogens with zero attached hydrogens (tertiary/aromatic N) is 1. The van der Waals surface area contributed by atoms with Crippen LogP contribution in [0.1, 0.15) is 13.8 Å². The summed E-state index contributed by atoms with van der Waals surface area (Å²) in [5.74, 6) is 0.786. The summed E-state index contributed by atoms with van der Waals surface area (Å²) in [5.41, 5.74) is 6.16. The first-order chi connectivity index (χ1) is 7.62. The van der Waals surface area contributed by atoms with Gasteiger partial charge in [-0.25, -0.2) is 0 Å². The molecular weight excluding hydrogens is 200 g/mol. The lowest BCUT2D eigenvalue weighted by molar-refractivity contribution is 0.120. The van der Waals surface area contributed by atoms with Gasteiger partial charge < -0.3 is 10.5 Å². The van der Waals surface area contributed by atoms with Gasteiger partial charge in [0, 0.05) is 18.1 Å². The number of hydrogen-bond donors (Lipinski definition) is 1. The van der Waals surface area contributed by atoms with Crippen LogP contribution in [0.2, 0.25) is 0 Å². The monoisotopic (exact) mass is 216 g/mol. The predicted molar refractivity (Wildman–Crippen MR) is 65.5 cm³/mol. The molecule has 1 heterocycles. The van der Waals surface area contributed by atoms with Crippen molar-refractivity contribution in [1.29, 1.82) is 0 Å². The fourth-order valence-corrected chi connectivity index (χ4v) is 1.50. The van der Waals surface area contributed by atoms with Crippen LogP contribution in [-0.2, 0) is 0 Å². The van der Waals surface area contributed by atoms with Crippen LogP contribution >= 0.6 is 0 Å². The van der Waals surface area contributed by atoms with Crippen molar-refractivity contribution < 1.29 is 4.74 Å². The number of para-hydroxylation sites is 1. The molecule has 0 aliphatic carbocycles. The zero-order valence-electron chi connectivity index (χ0n) is 9.60. The van der Waals surface area contributed by atoms with Gasteiger partial charge in [0.05, 0.1) is 0 Å². The van der Waals surface area contributed by atoms with Crippen molar-refractivity contribution in [3.8, 4) is 5.75 Å². The fraction of sp³-hybridized carbons (Fsp3) is 0.308. The molecule has 84 valence electrons. The molecule has 0 amide bonds. The van der Waals surface area contributed by atoms with Crippen molar-refractivity contribution in [3.05, 3.63) is 36.5 Å². The summed E-state index contributed by atoms with van der Waals surface area (Å²) >= 11 is 0. The highest BCUT2D eigenvalue weighted by Crippen LogP contribution is 2.26. The van der Waals surface area contributed by atoms with Gasteiger partial charge in [0.25, 0.3) is 0 Å². The zero-order valence-corrected chi connectivity index (χ0v) is 9.60. The number of benzene rings is 1. The van der Waals surface area contributed by atoms with Gasteiger partial charge in [0.2, 0.25) is 0 Å². The lowest BCUT2D eigenvalue weighted by atomic mass is 10.1. The molecule has 1 aromatic carbocycles. The summed E-state index contributed by atoms with van der Waals surface area (Å²) in [6.45, 7) is 4.40. The molecule has 0 aliphatic rings. The average Bonchev–Trinajstić information content (AvgIpc) is 2.29. The molecule has 0 radical (unpaired) electrons. The number of rotatable bonds is 3. The van der Waals surface area contributed by atoms with E-state index in [0.29, 0.717) is 6.54 Å². The van der Waals surface area contributed by atoms with Crippen LogP contribution in [0.3, 0.4) is 0 Å². The van der Waals surface area contributed by atoms with Gasteiger partial charge in [-0.2, -0.15) is 0 Å². The first kappa shape index (κ1) is 10.9. The van der Waals surface area contributed by atoms with Crippen LogP contribution in [0, 0.1) is 0 Å². The fourth-order valence-electron chi connectivity index (χ4n) is 1.50. The van der Waals surface area contributed by atoms with Crippen LogP contribution in [0.5, 0.6) is 5.75 Å². The van der Waals surface area contributed by atoms with E-state index in [1.807, 2.05) is 44.2 Å². The summed E-state index contributed by atoms with van der Waals surface area (Å²) in [7, 11) is 0. The highest BCUT2D eigenvalue weighted by Gasteiger charge is 2.18. The Morgan fingerprint density at radius 3 is 2.75 bits per heavy atom. The average molecular weight is 216 g/mol. The van der Waals surface area contributed by atoms with E-state index in [9.17, 15) is 0 Å². The van der Waals surface area contributed by atoms with Crippen LogP contribution in [0.15, 0.2) is 36.5 Å². The summed E-state index contributed by atoms with van der Waals surface area (Å²) < 4.78 is 5.88. The van der Waals surface area contributed by atoms with Crippen molar-refractivity contribution in [3.63, 3.8) is 0 Å². The molecule has 3 heteroatoms. The third-order valence-corrected chi connectivity index (χ3v) is 2.47. The van der Waals surface area contributed by atoms with Gasteiger partial charge in [-0.15, -0.1) is 0 Å². The second kappa shape index (κ2) is 4.10. The molecule has 0 saturated carbocycles. The molecule has 0 atom stereocenters. The predicted octanol–water partition coefficient (Wildman–Crippen LogP) is 2.35. The van der Waals surface area contributed by atoms with E-state index in [4.69, 9.17) is 10.5 Å². The van der Waals surface area contributed by atoms with Gasteiger partial charge in [0.15, 0.2) is 0 Å². The Hall–Kier alpha value is -1.61. The van der Waals surface area contributed by atoms with Gasteiger partial charge in [-0.1, -0.05) is 18.2 Å². The number of hydrogen-bond acceptors (Lipinski definition) is 3. The normalized spacial score (nSPS) is 11.7. The van der Waals surface area contributed by atoms with E-state index < -0.39 is 0 Å². The molecule has 0 spiro atoms. The standard InChI is InChI=1S/C13H16N2O/c1-13(2,9-14)16-11-7-3-5-10-6-4-8-15-12(10)11/h3-8H,9,14H2,1-2H3. The summed E-state index contributed by atoms with van der Waals surface area (Å²) in [4.78, 5) is 4.33. The Morgan fingerprint density at radius 1 is 1.25 bits per heavy atom. The SMILES string of the molecule is CC(C)(CN)Oc1cccc2cccnc12. The minimum atomic E-state index is -0.369. The molecule has 1 aromatic heterocycles. The van der Waals surface area contributed by atoms with E-state index in [-0.39, 0.29) is 5.60 Å². The number of nitrogens with two attached hydrogens (primary N) is 1. The van der Waals surface area contributed by atoms with Crippen LogP contribution in [-0.4, -0.2) is 17.1 Å². The lowest BCUT2D eigenvalue weighted by Gasteiger charge is -2.25. The minimum absolute atomic E-state index is 0.369. The molecule has 0 bridgehead atoms. The van der Waals surface area contributed by atoms with Gasteiger partial charge in [0.1, 0.15) is 16.9 Å². The van der Waals surface area contributed by atoms with Gasteiger partial charge >= 0.3 is 0 Å². The first-order valence-electron chi connectivity index (χ1n) is 5.35. The smallest absolute Gasteiger partial charge is 0.146 e. The third-order valence-electron chi connectivity index (χ3n) is 2.47. The molecule has 2 rings (SSSR count). The number of aromatic nitrogens is 1. The number of pyridine rings is 1. The second-order valence-corrected chi connectivity index (χ2v) is 4.40. The maximum Gasteiger partial charge on any atom is 0.146 e. The second-order valence-electron chi connectivity index (χ2n) is 4.40. The van der Waals surface area contributed by atoms with Crippen LogP contribution in [0.4, 0.5) is 0 Å².